The second-order valence-corrected chi connectivity index (χ2v) is 11.3. The SMILES string of the molecule is CN1CC=C/C1=C(\c1cccs1)c1ccc(-c2ccsc2)n1B(c1ccsc1)c1ccsc1. The predicted molar refractivity (Wildman–Crippen MR) is 149 cm³/mol. The summed E-state index contributed by atoms with van der Waals surface area (Å²) in [6.07, 6.45) is 4.53. The van der Waals surface area contributed by atoms with E-state index in [1.807, 2.05) is 11.3 Å². The van der Waals surface area contributed by atoms with Gasteiger partial charge in [-0.2, -0.15) is 34.0 Å². The molecular formula is C26H21BN2S4. The molecule has 5 aromatic rings. The highest BCUT2D eigenvalue weighted by Crippen LogP contribution is 2.37. The molecule has 1 aliphatic heterocycles. The van der Waals surface area contributed by atoms with Crippen LogP contribution in [0.1, 0.15) is 10.6 Å². The zero-order chi connectivity index (χ0) is 22.2. The summed E-state index contributed by atoms with van der Waals surface area (Å²) in [6.45, 7) is 1.06. The maximum Gasteiger partial charge on any atom is 0.329 e. The van der Waals surface area contributed by atoms with Crippen molar-refractivity contribution in [3.63, 3.8) is 0 Å². The fourth-order valence-electron chi connectivity index (χ4n) is 4.55. The first-order chi connectivity index (χ1) is 16.3. The summed E-state index contributed by atoms with van der Waals surface area (Å²) >= 11 is 7.10. The molecule has 0 amide bonds. The van der Waals surface area contributed by atoms with Crippen LogP contribution in [0.5, 0.6) is 0 Å². The van der Waals surface area contributed by atoms with Gasteiger partial charge in [0, 0.05) is 46.7 Å². The average molecular weight is 501 g/mol. The van der Waals surface area contributed by atoms with Gasteiger partial charge in [-0.25, -0.2) is 0 Å². The number of aromatic nitrogens is 1. The Morgan fingerprint density at radius 3 is 2.18 bits per heavy atom. The minimum absolute atomic E-state index is 0.119. The van der Waals surface area contributed by atoms with Crippen LogP contribution in [-0.4, -0.2) is 29.8 Å². The first-order valence-electron chi connectivity index (χ1n) is 10.8. The molecule has 0 fully saturated rings. The molecular weight excluding hydrogens is 479 g/mol. The molecule has 162 valence electrons. The van der Waals surface area contributed by atoms with Crippen molar-refractivity contribution in [3.05, 3.63) is 109 Å². The summed E-state index contributed by atoms with van der Waals surface area (Å²) in [5.41, 5.74) is 9.03. The molecule has 0 aromatic carbocycles. The Labute approximate surface area is 210 Å². The standard InChI is InChI=1S/C26H21BN2S4/c1-28-11-2-4-23(28)26(25-5-3-12-33-25)24-7-6-22(19-8-13-30-16-19)29(24)27(20-9-14-31-17-20)21-10-15-32-18-21/h2-10,12-18H,11H2,1H3/b26-23+. The van der Waals surface area contributed by atoms with E-state index in [0.717, 1.165) is 6.54 Å². The van der Waals surface area contributed by atoms with Crippen LogP contribution in [-0.2, 0) is 0 Å². The summed E-state index contributed by atoms with van der Waals surface area (Å²) in [7, 11) is 2.19. The van der Waals surface area contributed by atoms with Crippen molar-refractivity contribution in [2.24, 2.45) is 0 Å². The molecule has 33 heavy (non-hydrogen) atoms. The van der Waals surface area contributed by atoms with Gasteiger partial charge in [-0.05, 0) is 78.9 Å². The molecule has 0 unspecified atom stereocenters. The fourth-order valence-corrected chi connectivity index (χ4v) is 7.35. The van der Waals surface area contributed by atoms with Gasteiger partial charge >= 0.3 is 6.85 Å². The van der Waals surface area contributed by atoms with Gasteiger partial charge in [0.05, 0.1) is 0 Å². The number of likely N-dealkylation sites (N-methyl/N-ethyl adjacent to an activating group) is 1. The Bertz CT molecular complexity index is 1350. The smallest absolute Gasteiger partial charge is 0.329 e. The topological polar surface area (TPSA) is 8.17 Å². The maximum atomic E-state index is 2.56. The molecule has 2 nitrogen and oxygen atoms in total. The van der Waals surface area contributed by atoms with E-state index < -0.39 is 0 Å². The molecule has 0 saturated heterocycles. The zero-order valence-electron chi connectivity index (χ0n) is 18.0. The number of nitrogens with zero attached hydrogens (tertiary/aromatic N) is 2. The summed E-state index contributed by atoms with van der Waals surface area (Å²) in [5, 5.41) is 15.6. The monoisotopic (exact) mass is 500 g/mol. The van der Waals surface area contributed by atoms with E-state index in [9.17, 15) is 0 Å². The lowest BCUT2D eigenvalue weighted by atomic mass is 9.51. The molecule has 0 N–H and O–H groups in total. The summed E-state index contributed by atoms with van der Waals surface area (Å²) in [5.74, 6) is 0. The Hall–Kier alpha value is -2.58. The third-order valence-electron chi connectivity index (χ3n) is 6.06. The number of rotatable bonds is 6. The number of allylic oxidation sites excluding steroid dienone is 1. The van der Waals surface area contributed by atoms with Crippen molar-refractivity contribution < 1.29 is 0 Å². The van der Waals surface area contributed by atoms with Gasteiger partial charge in [0.15, 0.2) is 0 Å². The normalized spacial score (nSPS) is 14.9. The maximum absolute atomic E-state index is 2.56. The van der Waals surface area contributed by atoms with Crippen LogP contribution in [0.15, 0.2) is 98.0 Å². The Balaban J connectivity index is 1.67. The summed E-state index contributed by atoms with van der Waals surface area (Å²) in [4.78, 5) is 3.65. The number of hydrogen-bond acceptors (Lipinski definition) is 5. The van der Waals surface area contributed by atoms with Crippen molar-refractivity contribution in [2.75, 3.05) is 13.6 Å². The van der Waals surface area contributed by atoms with Crippen LogP contribution in [0.25, 0.3) is 16.8 Å². The molecule has 6 heterocycles. The highest BCUT2D eigenvalue weighted by Gasteiger charge is 2.31. The first-order valence-corrected chi connectivity index (χ1v) is 14.5. The third kappa shape index (κ3) is 3.79. The Morgan fingerprint density at radius 1 is 0.848 bits per heavy atom. The van der Waals surface area contributed by atoms with Crippen molar-refractivity contribution in [1.29, 1.82) is 0 Å². The van der Waals surface area contributed by atoms with E-state index in [4.69, 9.17) is 0 Å². The van der Waals surface area contributed by atoms with Gasteiger partial charge < -0.3 is 9.38 Å². The van der Waals surface area contributed by atoms with Crippen molar-refractivity contribution in [3.8, 4) is 11.3 Å². The molecule has 0 radical (unpaired) electrons. The van der Waals surface area contributed by atoms with Gasteiger partial charge in [0.25, 0.3) is 0 Å². The number of hydrogen-bond donors (Lipinski definition) is 0. The number of thiophene rings is 4. The first kappa shape index (κ1) is 21.0. The third-order valence-corrected chi connectivity index (χ3v) is 9.03. The lowest BCUT2D eigenvalue weighted by Gasteiger charge is -2.24. The molecule has 0 saturated carbocycles. The highest BCUT2D eigenvalue weighted by atomic mass is 32.1. The molecule has 1 aliphatic rings. The molecule has 7 heteroatoms. The minimum Gasteiger partial charge on any atom is -0.376 e. The van der Waals surface area contributed by atoms with Gasteiger partial charge in [0.1, 0.15) is 0 Å². The minimum atomic E-state index is 0.119. The van der Waals surface area contributed by atoms with Crippen molar-refractivity contribution in [1.82, 2.24) is 9.38 Å². The van der Waals surface area contributed by atoms with Gasteiger partial charge in [0.2, 0.25) is 0 Å². The van der Waals surface area contributed by atoms with Crippen molar-refractivity contribution >= 4 is 68.7 Å². The van der Waals surface area contributed by atoms with E-state index in [1.165, 1.54) is 44.0 Å². The van der Waals surface area contributed by atoms with Crippen LogP contribution in [0, 0.1) is 0 Å². The van der Waals surface area contributed by atoms with Crippen LogP contribution < -0.4 is 10.9 Å². The lowest BCUT2D eigenvalue weighted by Crippen LogP contribution is -2.48. The predicted octanol–water partition coefficient (Wildman–Crippen LogP) is 6.32. The molecule has 0 aliphatic carbocycles. The fraction of sp³-hybridized carbons (Fsp3) is 0.0769. The highest BCUT2D eigenvalue weighted by molar-refractivity contribution is 7.12. The second kappa shape index (κ2) is 8.99. The van der Waals surface area contributed by atoms with Crippen LogP contribution >= 0.6 is 45.3 Å². The van der Waals surface area contributed by atoms with E-state index >= 15 is 0 Å². The van der Waals surface area contributed by atoms with Crippen molar-refractivity contribution in [2.45, 2.75) is 0 Å². The Morgan fingerprint density at radius 2 is 1.61 bits per heavy atom. The Kier molecular flexibility index (Phi) is 5.72. The molecule has 6 rings (SSSR count). The average Bonchev–Trinajstić information content (AvgIpc) is 3.65. The quantitative estimate of drug-likeness (QED) is 0.248. The van der Waals surface area contributed by atoms with Gasteiger partial charge in [-0.3, -0.25) is 0 Å². The lowest BCUT2D eigenvalue weighted by molar-refractivity contribution is 0.502. The van der Waals surface area contributed by atoms with E-state index in [1.54, 1.807) is 34.0 Å². The van der Waals surface area contributed by atoms with E-state index in [-0.39, 0.29) is 6.85 Å². The largest absolute Gasteiger partial charge is 0.376 e. The van der Waals surface area contributed by atoms with Gasteiger partial charge in [-0.15, -0.1) is 11.3 Å². The van der Waals surface area contributed by atoms with Crippen LogP contribution in [0.2, 0.25) is 0 Å². The zero-order valence-corrected chi connectivity index (χ0v) is 21.3. The molecule has 0 atom stereocenters. The molecule has 0 spiro atoms. The summed E-state index contributed by atoms with van der Waals surface area (Å²) in [6, 6.07) is 15.8. The molecule has 5 aromatic heterocycles. The van der Waals surface area contributed by atoms with Crippen LogP contribution in [0.4, 0.5) is 0 Å². The van der Waals surface area contributed by atoms with E-state index in [2.05, 4.69) is 109 Å². The van der Waals surface area contributed by atoms with E-state index in [0.29, 0.717) is 0 Å². The van der Waals surface area contributed by atoms with Gasteiger partial charge in [-0.1, -0.05) is 24.3 Å². The van der Waals surface area contributed by atoms with Crippen LogP contribution in [0.3, 0.4) is 0 Å². The second-order valence-electron chi connectivity index (χ2n) is 8.02. The summed E-state index contributed by atoms with van der Waals surface area (Å²) < 4.78 is 2.56. The molecule has 0 bridgehead atoms.